The van der Waals surface area contributed by atoms with Crippen LogP contribution in [0.2, 0.25) is 0 Å². The van der Waals surface area contributed by atoms with Gasteiger partial charge >= 0.3 is 6.61 Å². The number of aryl methyl sites for hydroxylation is 1. The highest BCUT2D eigenvalue weighted by Crippen LogP contribution is 2.27. The summed E-state index contributed by atoms with van der Waals surface area (Å²) in [6.45, 7) is 1.21. The van der Waals surface area contributed by atoms with Gasteiger partial charge in [0.15, 0.2) is 11.5 Å². The van der Waals surface area contributed by atoms with Crippen LogP contribution in [0.4, 0.5) is 20.3 Å². The SMILES string of the molecule is Cc1cc(Nc2nccn3c(-c4ccc(OC(F)F)cc4)cnc23)ccc1C(=O)NCC(C)N. The molecule has 8 nitrogen and oxygen atoms in total. The van der Waals surface area contributed by atoms with Gasteiger partial charge < -0.3 is 21.1 Å². The van der Waals surface area contributed by atoms with Crippen molar-refractivity contribution in [2.24, 2.45) is 5.73 Å². The first kappa shape index (κ1) is 23.1. The third-order valence-corrected chi connectivity index (χ3v) is 5.12. The Hall–Kier alpha value is -4.05. The highest BCUT2D eigenvalue weighted by molar-refractivity contribution is 5.96. The van der Waals surface area contributed by atoms with Crippen molar-refractivity contribution in [3.05, 3.63) is 72.2 Å². The summed E-state index contributed by atoms with van der Waals surface area (Å²) < 4.78 is 31.1. The van der Waals surface area contributed by atoms with Gasteiger partial charge in [0, 0.05) is 41.8 Å². The predicted molar refractivity (Wildman–Crippen MR) is 125 cm³/mol. The summed E-state index contributed by atoms with van der Waals surface area (Å²) in [5.41, 5.74) is 9.95. The number of nitrogens with zero attached hydrogens (tertiary/aromatic N) is 3. The van der Waals surface area contributed by atoms with Crippen molar-refractivity contribution in [2.75, 3.05) is 11.9 Å². The van der Waals surface area contributed by atoms with Gasteiger partial charge in [-0.15, -0.1) is 0 Å². The number of ether oxygens (including phenoxy) is 1. The van der Waals surface area contributed by atoms with Crippen molar-refractivity contribution in [1.82, 2.24) is 19.7 Å². The number of benzene rings is 2. The number of hydrogen-bond acceptors (Lipinski definition) is 6. The van der Waals surface area contributed by atoms with E-state index in [0.717, 1.165) is 22.5 Å². The quantitative estimate of drug-likeness (QED) is 0.361. The van der Waals surface area contributed by atoms with Crippen molar-refractivity contribution >= 4 is 23.1 Å². The van der Waals surface area contributed by atoms with Gasteiger partial charge in [-0.2, -0.15) is 8.78 Å². The lowest BCUT2D eigenvalue weighted by molar-refractivity contribution is -0.0498. The maximum Gasteiger partial charge on any atom is 0.387 e. The highest BCUT2D eigenvalue weighted by atomic mass is 19.3. The summed E-state index contributed by atoms with van der Waals surface area (Å²) in [6, 6.07) is 11.6. The summed E-state index contributed by atoms with van der Waals surface area (Å²) in [5, 5.41) is 6.06. The number of carbonyl (C=O) groups is 1. The smallest absolute Gasteiger partial charge is 0.387 e. The van der Waals surface area contributed by atoms with E-state index in [4.69, 9.17) is 5.73 Å². The zero-order valence-corrected chi connectivity index (χ0v) is 18.6. The van der Waals surface area contributed by atoms with Crippen LogP contribution in [0.25, 0.3) is 16.9 Å². The van der Waals surface area contributed by atoms with Gasteiger partial charge in [-0.1, -0.05) is 0 Å². The fraction of sp³-hybridized carbons (Fsp3) is 0.208. The molecule has 176 valence electrons. The molecule has 4 rings (SSSR count). The van der Waals surface area contributed by atoms with Gasteiger partial charge in [-0.05, 0) is 61.9 Å². The van der Waals surface area contributed by atoms with Crippen LogP contribution in [0.15, 0.2) is 61.1 Å². The number of nitrogens with two attached hydrogens (primary N) is 1. The fourth-order valence-electron chi connectivity index (χ4n) is 3.51. The molecule has 0 aliphatic rings. The molecule has 10 heteroatoms. The van der Waals surface area contributed by atoms with Crippen LogP contribution >= 0.6 is 0 Å². The Bertz CT molecular complexity index is 1300. The molecule has 0 saturated heterocycles. The highest BCUT2D eigenvalue weighted by Gasteiger charge is 2.13. The van der Waals surface area contributed by atoms with Crippen LogP contribution in [0.5, 0.6) is 5.75 Å². The number of hydrogen-bond donors (Lipinski definition) is 3. The number of imidazole rings is 1. The van der Waals surface area contributed by atoms with Gasteiger partial charge in [0.2, 0.25) is 0 Å². The number of amides is 1. The minimum Gasteiger partial charge on any atom is -0.435 e. The maximum absolute atomic E-state index is 12.4. The number of fused-ring (bicyclic) bond motifs is 1. The van der Waals surface area contributed by atoms with E-state index in [1.54, 1.807) is 42.9 Å². The molecule has 0 saturated carbocycles. The predicted octanol–water partition coefficient (Wildman–Crippen LogP) is 4.13. The van der Waals surface area contributed by atoms with Crippen LogP contribution in [0, 0.1) is 6.92 Å². The molecule has 0 spiro atoms. The second-order valence-electron chi connectivity index (χ2n) is 7.86. The standard InChI is InChI=1S/C24H24F2N6O2/c1-14-11-17(5-8-19(14)23(33)30-12-15(2)27)31-21-22-29-13-20(32(22)10-9-28-21)16-3-6-18(7-4-16)34-24(25)26/h3-11,13,15,24H,12,27H2,1-2H3,(H,28,31)(H,30,33). The zero-order chi connectivity index (χ0) is 24.2. The molecule has 2 aromatic heterocycles. The molecule has 0 radical (unpaired) electrons. The van der Waals surface area contributed by atoms with Crippen LogP contribution in [-0.4, -0.2) is 39.5 Å². The van der Waals surface area contributed by atoms with Gasteiger partial charge in [-0.3, -0.25) is 9.20 Å². The molecule has 4 aromatic rings. The number of halogens is 2. The average Bonchev–Trinajstić information content (AvgIpc) is 3.23. The molecule has 0 aliphatic heterocycles. The Morgan fingerprint density at radius 1 is 1.18 bits per heavy atom. The first-order valence-electron chi connectivity index (χ1n) is 10.6. The summed E-state index contributed by atoms with van der Waals surface area (Å²) in [6.07, 6.45) is 5.09. The van der Waals surface area contributed by atoms with Gasteiger partial charge in [-0.25, -0.2) is 9.97 Å². The van der Waals surface area contributed by atoms with E-state index >= 15 is 0 Å². The Morgan fingerprint density at radius 2 is 1.94 bits per heavy atom. The third kappa shape index (κ3) is 5.12. The zero-order valence-electron chi connectivity index (χ0n) is 18.6. The van der Waals surface area contributed by atoms with Crippen molar-refractivity contribution < 1.29 is 18.3 Å². The average molecular weight is 466 g/mol. The normalized spacial score (nSPS) is 12.1. The van der Waals surface area contributed by atoms with E-state index < -0.39 is 6.61 Å². The summed E-state index contributed by atoms with van der Waals surface area (Å²) in [4.78, 5) is 21.3. The minimum atomic E-state index is -2.87. The van der Waals surface area contributed by atoms with E-state index in [0.29, 0.717) is 23.6 Å². The monoisotopic (exact) mass is 466 g/mol. The lowest BCUT2D eigenvalue weighted by Crippen LogP contribution is -2.35. The van der Waals surface area contributed by atoms with Crippen molar-refractivity contribution in [3.63, 3.8) is 0 Å². The lowest BCUT2D eigenvalue weighted by atomic mass is 10.1. The molecular formula is C24H24F2N6O2. The number of rotatable bonds is 8. The van der Waals surface area contributed by atoms with Crippen LogP contribution in [0.1, 0.15) is 22.8 Å². The van der Waals surface area contributed by atoms with E-state index in [-0.39, 0.29) is 17.7 Å². The van der Waals surface area contributed by atoms with Gasteiger partial charge in [0.25, 0.3) is 5.91 Å². The Kier molecular flexibility index (Phi) is 6.69. The first-order chi connectivity index (χ1) is 16.3. The molecule has 2 aromatic carbocycles. The number of anilines is 2. The van der Waals surface area contributed by atoms with E-state index in [1.807, 2.05) is 24.3 Å². The van der Waals surface area contributed by atoms with Crippen LogP contribution in [-0.2, 0) is 0 Å². The Balaban J connectivity index is 1.56. The van der Waals surface area contributed by atoms with E-state index in [9.17, 15) is 13.6 Å². The van der Waals surface area contributed by atoms with Gasteiger partial charge in [0.1, 0.15) is 5.75 Å². The second-order valence-corrected chi connectivity index (χ2v) is 7.86. The molecule has 0 aliphatic carbocycles. The van der Waals surface area contributed by atoms with Crippen molar-refractivity contribution in [2.45, 2.75) is 26.5 Å². The molecule has 2 heterocycles. The van der Waals surface area contributed by atoms with Crippen LogP contribution < -0.4 is 21.1 Å². The topological polar surface area (TPSA) is 107 Å². The summed E-state index contributed by atoms with van der Waals surface area (Å²) >= 11 is 0. The Labute approximate surface area is 194 Å². The Morgan fingerprint density at radius 3 is 2.62 bits per heavy atom. The van der Waals surface area contributed by atoms with Crippen LogP contribution in [0.3, 0.4) is 0 Å². The molecule has 0 bridgehead atoms. The number of aromatic nitrogens is 3. The number of carbonyl (C=O) groups excluding carboxylic acids is 1. The molecular weight excluding hydrogens is 442 g/mol. The molecule has 34 heavy (non-hydrogen) atoms. The van der Waals surface area contributed by atoms with Crippen molar-refractivity contribution in [3.8, 4) is 17.0 Å². The maximum atomic E-state index is 12.4. The van der Waals surface area contributed by atoms with E-state index in [2.05, 4.69) is 25.3 Å². The van der Waals surface area contributed by atoms with E-state index in [1.165, 1.54) is 12.1 Å². The number of alkyl halides is 2. The molecule has 1 amide bonds. The first-order valence-corrected chi connectivity index (χ1v) is 10.6. The summed E-state index contributed by atoms with van der Waals surface area (Å²) in [5.74, 6) is 0.436. The second kappa shape index (κ2) is 9.84. The fourth-order valence-corrected chi connectivity index (χ4v) is 3.51. The summed E-state index contributed by atoms with van der Waals surface area (Å²) in [7, 11) is 0. The molecule has 1 atom stereocenters. The molecule has 4 N–H and O–H groups in total. The largest absolute Gasteiger partial charge is 0.435 e. The lowest BCUT2D eigenvalue weighted by Gasteiger charge is -2.12. The molecule has 1 unspecified atom stereocenters. The van der Waals surface area contributed by atoms with Gasteiger partial charge in [0.05, 0.1) is 11.9 Å². The number of nitrogens with one attached hydrogen (secondary N) is 2. The minimum absolute atomic E-state index is 0.0848. The third-order valence-electron chi connectivity index (χ3n) is 5.12. The van der Waals surface area contributed by atoms with Crippen molar-refractivity contribution in [1.29, 1.82) is 0 Å². The molecule has 0 fully saturated rings.